The number of aliphatic hydroxyl groups is 10. The van der Waals surface area contributed by atoms with Gasteiger partial charge in [-0.05, 0) is 117 Å². The number of hydrogen-bond donors (Lipinski definition) is 10. The first-order chi connectivity index (χ1) is 26.4. The number of aliphatic hydroxyl groups excluding tert-OH is 9. The van der Waals surface area contributed by atoms with Crippen LogP contribution in [0.2, 0.25) is 0 Å². The normalized spacial score (nSPS) is 56.5. The molecule has 0 aromatic heterocycles. The Morgan fingerprint density at radius 1 is 0.684 bits per heavy atom. The summed E-state index contributed by atoms with van der Waals surface area (Å²) in [5, 5.41) is 109. The molecule has 15 nitrogen and oxygen atoms in total. The Balaban J connectivity index is 1.26. The molecule has 0 bridgehead atoms. The molecule has 7 fully saturated rings. The highest BCUT2D eigenvalue weighted by Gasteiger charge is 2.74. The topological polar surface area (TPSA) is 248 Å². The molecular weight excluding hydrogens is 744 g/mol. The second kappa shape index (κ2) is 15.0. The van der Waals surface area contributed by atoms with Gasteiger partial charge in [0.1, 0.15) is 48.8 Å². The minimum atomic E-state index is -1.81. The predicted octanol–water partition coefficient (Wildman–Crippen LogP) is 0.331. The van der Waals surface area contributed by atoms with E-state index in [1.54, 1.807) is 13.8 Å². The third kappa shape index (κ3) is 6.80. The van der Waals surface area contributed by atoms with Gasteiger partial charge in [0.05, 0.1) is 48.8 Å². The van der Waals surface area contributed by atoms with Gasteiger partial charge in [0.25, 0.3) is 0 Å². The summed E-state index contributed by atoms with van der Waals surface area (Å²) in [6.45, 7) is 15.3. The fourth-order valence-electron chi connectivity index (χ4n) is 14.1. The van der Waals surface area contributed by atoms with Crippen LogP contribution in [0.25, 0.3) is 0 Å². The quantitative estimate of drug-likeness (QED) is 0.148. The van der Waals surface area contributed by atoms with Gasteiger partial charge in [-0.1, -0.05) is 34.6 Å². The summed E-state index contributed by atoms with van der Waals surface area (Å²) in [5.74, 6) is -0.343. The fourth-order valence-corrected chi connectivity index (χ4v) is 14.1. The van der Waals surface area contributed by atoms with E-state index in [0.717, 1.165) is 25.7 Å². The van der Waals surface area contributed by atoms with Crippen LogP contribution in [0.3, 0.4) is 0 Å². The summed E-state index contributed by atoms with van der Waals surface area (Å²) in [5.41, 5.74) is -3.49. The summed E-state index contributed by atoms with van der Waals surface area (Å²) < 4.78 is 31.8. The molecule has 3 heterocycles. The summed E-state index contributed by atoms with van der Waals surface area (Å²) in [7, 11) is 0. The highest BCUT2D eigenvalue weighted by molar-refractivity contribution is 5.22. The minimum absolute atomic E-state index is 0.0316. The van der Waals surface area contributed by atoms with E-state index < -0.39 is 126 Å². The molecular formula is C42H72O15. The van der Waals surface area contributed by atoms with Crippen molar-refractivity contribution in [3.05, 3.63) is 0 Å². The Morgan fingerprint density at radius 2 is 1.30 bits per heavy atom. The Morgan fingerprint density at radius 3 is 1.89 bits per heavy atom. The molecule has 0 radical (unpaired) electrons. The predicted molar refractivity (Wildman–Crippen MR) is 202 cm³/mol. The summed E-state index contributed by atoms with van der Waals surface area (Å²) >= 11 is 0. The number of rotatable bonds is 8. The standard InChI is InChI=1S/C42H72O15/c1-37(2)25(46)10-12-39(5)24-15-20(45)27-19(42(8)14-11-26(57-42)38(3,4)52)9-13-40(27,6)41(24,7)16-21(34(37)39)53-36-33(31(50)29(48)23(18-44)55-36)56-35-32(51)30(49)28(47)22(17-43)54-35/h19-36,43-52H,9-18H2,1-8H3/t19-,20+,21-,22-,23-,24+,25-,26-,27-,28-,29-,30+,31+,32-,33-,34?,35+,36-,39+,40+,41+,42-/m0/s1. The lowest BCUT2D eigenvalue weighted by molar-refractivity contribution is -0.383. The summed E-state index contributed by atoms with van der Waals surface area (Å²) in [6, 6.07) is 0. The summed E-state index contributed by atoms with van der Waals surface area (Å²) in [4.78, 5) is 0. The van der Waals surface area contributed by atoms with Gasteiger partial charge in [-0.2, -0.15) is 0 Å². The van der Waals surface area contributed by atoms with Crippen molar-refractivity contribution in [1.82, 2.24) is 0 Å². The van der Waals surface area contributed by atoms with Crippen LogP contribution >= 0.6 is 0 Å². The maximum Gasteiger partial charge on any atom is 0.187 e. The molecule has 7 aliphatic rings. The molecule has 10 N–H and O–H groups in total. The van der Waals surface area contributed by atoms with E-state index in [2.05, 4.69) is 27.7 Å². The van der Waals surface area contributed by atoms with Crippen molar-refractivity contribution in [2.24, 2.45) is 45.3 Å². The van der Waals surface area contributed by atoms with Gasteiger partial charge in [-0.25, -0.2) is 0 Å². The third-order valence-electron chi connectivity index (χ3n) is 17.4. The molecule has 3 saturated heterocycles. The molecule has 1 unspecified atom stereocenters. The van der Waals surface area contributed by atoms with Crippen LogP contribution in [0.5, 0.6) is 0 Å². The lowest BCUT2D eigenvalue weighted by atomic mass is 9.34. The first-order valence-corrected chi connectivity index (χ1v) is 21.4. The first-order valence-electron chi connectivity index (χ1n) is 21.4. The van der Waals surface area contributed by atoms with Crippen molar-refractivity contribution in [3.63, 3.8) is 0 Å². The zero-order valence-electron chi connectivity index (χ0n) is 35.0. The van der Waals surface area contributed by atoms with Crippen LogP contribution in [-0.4, -0.2) is 161 Å². The van der Waals surface area contributed by atoms with Gasteiger partial charge in [0.15, 0.2) is 12.6 Å². The lowest BCUT2D eigenvalue weighted by Gasteiger charge is -2.72. The average molecular weight is 817 g/mol. The summed E-state index contributed by atoms with van der Waals surface area (Å²) in [6.07, 6.45) is -12.6. The number of ether oxygens (including phenoxy) is 5. The molecule has 3 aliphatic heterocycles. The van der Waals surface area contributed by atoms with Crippen molar-refractivity contribution in [2.45, 2.75) is 204 Å². The molecule has 0 aromatic rings. The van der Waals surface area contributed by atoms with Gasteiger partial charge in [-0.15, -0.1) is 0 Å². The minimum Gasteiger partial charge on any atom is -0.394 e. The van der Waals surface area contributed by atoms with Gasteiger partial charge in [-0.3, -0.25) is 0 Å². The maximum atomic E-state index is 12.4. The smallest absolute Gasteiger partial charge is 0.187 e. The number of fused-ring (bicyclic) bond motifs is 5. The Bertz CT molecular complexity index is 1440. The average Bonchev–Trinajstić information content (AvgIpc) is 3.73. The van der Waals surface area contributed by atoms with E-state index in [1.807, 2.05) is 13.8 Å². The first kappa shape index (κ1) is 44.5. The van der Waals surface area contributed by atoms with Crippen molar-refractivity contribution in [1.29, 1.82) is 0 Å². The van der Waals surface area contributed by atoms with Crippen LogP contribution in [0, 0.1) is 45.3 Å². The lowest BCUT2D eigenvalue weighted by Crippen LogP contribution is -2.71. The van der Waals surface area contributed by atoms with E-state index >= 15 is 0 Å². The largest absolute Gasteiger partial charge is 0.394 e. The molecule has 4 saturated carbocycles. The second-order valence-corrected chi connectivity index (χ2v) is 21.2. The Hall–Kier alpha value is -0.600. The molecule has 7 rings (SSSR count). The number of hydrogen-bond acceptors (Lipinski definition) is 15. The zero-order valence-corrected chi connectivity index (χ0v) is 35.0. The van der Waals surface area contributed by atoms with Crippen LogP contribution in [0.15, 0.2) is 0 Å². The molecule has 0 spiro atoms. The molecule has 4 aliphatic carbocycles. The van der Waals surface area contributed by atoms with E-state index in [9.17, 15) is 51.1 Å². The van der Waals surface area contributed by atoms with Gasteiger partial charge in [0, 0.05) is 0 Å². The van der Waals surface area contributed by atoms with Gasteiger partial charge in [0.2, 0.25) is 0 Å². The zero-order chi connectivity index (χ0) is 42.0. The van der Waals surface area contributed by atoms with Crippen LogP contribution in [0.4, 0.5) is 0 Å². The molecule has 0 aromatic carbocycles. The Labute approximate surface area is 336 Å². The molecule has 0 amide bonds. The fraction of sp³-hybridized carbons (Fsp3) is 1.00. The van der Waals surface area contributed by atoms with Crippen molar-refractivity contribution >= 4 is 0 Å². The van der Waals surface area contributed by atoms with E-state index in [0.29, 0.717) is 25.7 Å². The monoisotopic (exact) mass is 816 g/mol. The van der Waals surface area contributed by atoms with E-state index in [1.165, 1.54) is 0 Å². The molecule has 330 valence electrons. The highest BCUT2D eigenvalue weighted by Crippen LogP contribution is 2.76. The molecule has 57 heavy (non-hydrogen) atoms. The SMILES string of the molecule is CC(C)(O)[C@@H]1CC[C@@](C)([C@H]2CC[C@]3(C)[C@@H]2[C@H](O)C[C@@H]2[C@@]4(C)CC[C@H](O)C(C)(C)C4[C@@H](O[C@H]4O[C@@H](CO)[C@H](O)[C@@H](O)[C@@H]4O[C@H]4O[C@@H](CO)[C@H](O)[C@@H](O)[C@@H]4O)C[C@]23C)O1. The van der Waals surface area contributed by atoms with Crippen LogP contribution in [-0.2, 0) is 23.7 Å². The van der Waals surface area contributed by atoms with Crippen LogP contribution in [0.1, 0.15) is 107 Å². The second-order valence-electron chi connectivity index (χ2n) is 21.2. The third-order valence-corrected chi connectivity index (χ3v) is 17.4. The maximum absolute atomic E-state index is 12.4. The molecule has 15 heteroatoms. The van der Waals surface area contributed by atoms with Crippen molar-refractivity contribution in [3.8, 4) is 0 Å². The van der Waals surface area contributed by atoms with Crippen molar-refractivity contribution in [2.75, 3.05) is 13.2 Å². The van der Waals surface area contributed by atoms with E-state index in [-0.39, 0.29) is 29.8 Å². The molecule has 22 atom stereocenters. The van der Waals surface area contributed by atoms with Crippen LogP contribution < -0.4 is 0 Å². The van der Waals surface area contributed by atoms with Gasteiger partial charge < -0.3 is 74.7 Å². The van der Waals surface area contributed by atoms with Gasteiger partial charge >= 0.3 is 0 Å². The highest BCUT2D eigenvalue weighted by atomic mass is 16.8. The van der Waals surface area contributed by atoms with Crippen molar-refractivity contribution < 1.29 is 74.7 Å². The Kier molecular flexibility index (Phi) is 11.7. The van der Waals surface area contributed by atoms with E-state index in [4.69, 9.17) is 23.7 Å².